The molecule has 0 aliphatic heterocycles. The third-order valence-corrected chi connectivity index (χ3v) is 4.98. The Morgan fingerprint density at radius 1 is 1.54 bits per heavy atom. The molecule has 4 atom stereocenters. The first kappa shape index (κ1) is 9.51. The van der Waals surface area contributed by atoms with Crippen LogP contribution < -0.4 is 0 Å². The van der Waals surface area contributed by atoms with Gasteiger partial charge in [-0.3, -0.25) is 0 Å². The Morgan fingerprint density at radius 2 is 2.23 bits per heavy atom. The molecular formula is C12H23N. The summed E-state index contributed by atoms with van der Waals surface area (Å²) < 4.78 is 0. The van der Waals surface area contributed by atoms with E-state index in [2.05, 4.69) is 32.7 Å². The van der Waals surface area contributed by atoms with E-state index in [9.17, 15) is 0 Å². The molecule has 2 aliphatic rings. The molecule has 13 heavy (non-hydrogen) atoms. The van der Waals surface area contributed by atoms with Crippen LogP contribution in [0.5, 0.6) is 0 Å². The van der Waals surface area contributed by atoms with Crippen LogP contribution in [-0.4, -0.2) is 24.5 Å². The molecule has 76 valence electrons. The van der Waals surface area contributed by atoms with Gasteiger partial charge in [0.2, 0.25) is 0 Å². The molecule has 2 saturated carbocycles. The molecule has 2 aliphatic carbocycles. The molecule has 1 heteroatoms. The van der Waals surface area contributed by atoms with Crippen LogP contribution in [0.3, 0.4) is 0 Å². The topological polar surface area (TPSA) is 3.24 Å². The maximum Gasteiger partial charge on any atom is 0.00976 e. The summed E-state index contributed by atoms with van der Waals surface area (Å²) in [4.78, 5) is 2.50. The summed E-state index contributed by atoms with van der Waals surface area (Å²) >= 11 is 0. The highest BCUT2D eigenvalue weighted by Crippen LogP contribution is 2.69. The number of hydrogen-bond donors (Lipinski definition) is 0. The first-order valence-electron chi connectivity index (χ1n) is 5.82. The first-order valence-corrected chi connectivity index (χ1v) is 5.82. The standard InChI is InChI=1S/C12H23N/c1-5-13(4)10(3)11-8-12(11)7-6-9(12)2/h9-11H,5-8H2,1-4H3. The van der Waals surface area contributed by atoms with Crippen LogP contribution in [0, 0.1) is 17.3 Å². The summed E-state index contributed by atoms with van der Waals surface area (Å²) in [5, 5.41) is 0. The fraction of sp³-hybridized carbons (Fsp3) is 1.00. The summed E-state index contributed by atoms with van der Waals surface area (Å²) in [6.07, 6.45) is 4.51. The van der Waals surface area contributed by atoms with Crippen molar-refractivity contribution in [3.8, 4) is 0 Å². The lowest BCUT2D eigenvalue weighted by Crippen LogP contribution is -2.36. The van der Waals surface area contributed by atoms with Gasteiger partial charge < -0.3 is 4.90 Å². The van der Waals surface area contributed by atoms with Gasteiger partial charge >= 0.3 is 0 Å². The van der Waals surface area contributed by atoms with E-state index in [4.69, 9.17) is 0 Å². The minimum Gasteiger partial charge on any atom is -0.304 e. The Bertz CT molecular complexity index is 201. The Balaban J connectivity index is 1.91. The molecular weight excluding hydrogens is 158 g/mol. The molecule has 0 heterocycles. The Kier molecular flexibility index (Phi) is 2.18. The summed E-state index contributed by atoms with van der Waals surface area (Å²) in [5.41, 5.74) is 0.808. The SMILES string of the molecule is CCN(C)C(C)C1CC12CCC2C. The van der Waals surface area contributed by atoms with Crippen molar-refractivity contribution in [2.45, 2.75) is 46.1 Å². The van der Waals surface area contributed by atoms with Crippen molar-refractivity contribution in [3.05, 3.63) is 0 Å². The van der Waals surface area contributed by atoms with Gasteiger partial charge in [0.1, 0.15) is 0 Å². The average molecular weight is 181 g/mol. The molecule has 0 bridgehead atoms. The molecule has 0 aromatic carbocycles. The molecule has 0 radical (unpaired) electrons. The number of nitrogens with zero attached hydrogens (tertiary/aromatic N) is 1. The Labute approximate surface area is 82.5 Å². The molecule has 4 unspecified atom stereocenters. The maximum absolute atomic E-state index is 2.50. The second kappa shape index (κ2) is 2.98. The van der Waals surface area contributed by atoms with Crippen LogP contribution in [0.15, 0.2) is 0 Å². The van der Waals surface area contributed by atoms with Crippen LogP contribution in [0.25, 0.3) is 0 Å². The van der Waals surface area contributed by atoms with Gasteiger partial charge in [-0.2, -0.15) is 0 Å². The van der Waals surface area contributed by atoms with Crippen LogP contribution in [0.1, 0.15) is 40.0 Å². The predicted octanol–water partition coefficient (Wildman–Crippen LogP) is 2.76. The van der Waals surface area contributed by atoms with E-state index < -0.39 is 0 Å². The van der Waals surface area contributed by atoms with E-state index >= 15 is 0 Å². The molecule has 0 aromatic heterocycles. The molecule has 2 rings (SSSR count). The maximum atomic E-state index is 2.50. The summed E-state index contributed by atoms with van der Waals surface area (Å²) in [6.45, 7) is 8.31. The zero-order valence-electron chi connectivity index (χ0n) is 9.51. The monoisotopic (exact) mass is 181 g/mol. The normalized spacial score (nSPS) is 45.0. The predicted molar refractivity (Wildman–Crippen MR) is 56.7 cm³/mol. The molecule has 0 amide bonds. The lowest BCUT2D eigenvalue weighted by Gasteiger charge is -2.38. The summed E-state index contributed by atoms with van der Waals surface area (Å²) in [5.74, 6) is 2.03. The molecule has 1 nitrogen and oxygen atoms in total. The van der Waals surface area contributed by atoms with Gasteiger partial charge in [-0.15, -0.1) is 0 Å². The van der Waals surface area contributed by atoms with Crippen LogP contribution in [0.4, 0.5) is 0 Å². The Morgan fingerprint density at radius 3 is 2.54 bits per heavy atom. The third kappa shape index (κ3) is 1.24. The summed E-state index contributed by atoms with van der Waals surface area (Å²) in [7, 11) is 2.26. The average Bonchev–Trinajstić information content (AvgIpc) is 2.90. The minimum atomic E-state index is 0.808. The molecule has 0 saturated heterocycles. The van der Waals surface area contributed by atoms with Crippen molar-refractivity contribution >= 4 is 0 Å². The molecule has 2 fully saturated rings. The fourth-order valence-corrected chi connectivity index (χ4v) is 3.25. The van der Waals surface area contributed by atoms with Crippen molar-refractivity contribution in [1.82, 2.24) is 4.90 Å². The fourth-order valence-electron chi connectivity index (χ4n) is 3.25. The molecule has 1 spiro atoms. The van der Waals surface area contributed by atoms with Crippen molar-refractivity contribution in [2.24, 2.45) is 17.3 Å². The lowest BCUT2D eigenvalue weighted by atomic mass is 9.69. The second-order valence-electron chi connectivity index (χ2n) is 5.30. The van der Waals surface area contributed by atoms with Gasteiger partial charge in [0.15, 0.2) is 0 Å². The first-order chi connectivity index (χ1) is 6.12. The highest BCUT2D eigenvalue weighted by atomic mass is 15.1. The van der Waals surface area contributed by atoms with Gasteiger partial charge in [0.25, 0.3) is 0 Å². The van der Waals surface area contributed by atoms with Crippen molar-refractivity contribution in [1.29, 1.82) is 0 Å². The van der Waals surface area contributed by atoms with Crippen LogP contribution in [-0.2, 0) is 0 Å². The van der Waals surface area contributed by atoms with Crippen LogP contribution >= 0.6 is 0 Å². The van der Waals surface area contributed by atoms with Crippen molar-refractivity contribution < 1.29 is 0 Å². The smallest absolute Gasteiger partial charge is 0.00976 e. The molecule has 0 aromatic rings. The molecule has 0 N–H and O–H groups in total. The second-order valence-corrected chi connectivity index (χ2v) is 5.30. The van der Waals surface area contributed by atoms with Gasteiger partial charge in [-0.1, -0.05) is 13.8 Å². The zero-order chi connectivity index (χ0) is 9.64. The van der Waals surface area contributed by atoms with E-state index in [0.717, 1.165) is 23.3 Å². The van der Waals surface area contributed by atoms with E-state index in [1.807, 2.05) is 0 Å². The number of hydrogen-bond acceptors (Lipinski definition) is 1. The van der Waals surface area contributed by atoms with E-state index in [-0.39, 0.29) is 0 Å². The highest BCUT2D eigenvalue weighted by Gasteiger charge is 2.63. The van der Waals surface area contributed by atoms with E-state index in [0.29, 0.717) is 0 Å². The Hall–Kier alpha value is -0.0400. The number of rotatable bonds is 3. The highest BCUT2D eigenvalue weighted by molar-refractivity contribution is 5.13. The van der Waals surface area contributed by atoms with Gasteiger partial charge in [0, 0.05) is 6.04 Å². The lowest BCUT2D eigenvalue weighted by molar-refractivity contribution is 0.113. The largest absolute Gasteiger partial charge is 0.304 e. The van der Waals surface area contributed by atoms with Gasteiger partial charge in [-0.25, -0.2) is 0 Å². The summed E-state index contributed by atoms with van der Waals surface area (Å²) in [6, 6.07) is 0.813. The van der Waals surface area contributed by atoms with Gasteiger partial charge in [0.05, 0.1) is 0 Å². The quantitative estimate of drug-likeness (QED) is 0.647. The van der Waals surface area contributed by atoms with Crippen LogP contribution in [0.2, 0.25) is 0 Å². The zero-order valence-corrected chi connectivity index (χ0v) is 9.51. The van der Waals surface area contributed by atoms with Gasteiger partial charge in [-0.05, 0) is 57.0 Å². The van der Waals surface area contributed by atoms with E-state index in [1.165, 1.54) is 25.8 Å². The van der Waals surface area contributed by atoms with E-state index in [1.54, 1.807) is 0 Å². The van der Waals surface area contributed by atoms with Crippen molar-refractivity contribution in [3.63, 3.8) is 0 Å². The minimum absolute atomic E-state index is 0.808. The van der Waals surface area contributed by atoms with Crippen molar-refractivity contribution in [2.75, 3.05) is 13.6 Å². The third-order valence-electron chi connectivity index (χ3n) is 4.98.